The van der Waals surface area contributed by atoms with E-state index in [4.69, 9.17) is 22.1 Å². The van der Waals surface area contributed by atoms with Gasteiger partial charge in [-0.05, 0) is 20.8 Å². The molecule has 2 aromatic rings. The first-order valence-corrected chi connectivity index (χ1v) is 5.68. The third-order valence-corrected chi connectivity index (χ3v) is 2.28. The molecule has 0 fully saturated rings. The first-order chi connectivity index (χ1) is 8.28. The molecule has 0 atom stereocenters. The fraction of sp³-hybridized carbons (Fsp3) is 0.364. The topological polar surface area (TPSA) is 82.5 Å². The normalized spacial score (nSPS) is 11.8. The molecule has 0 saturated carbocycles. The van der Waals surface area contributed by atoms with Crippen LogP contribution < -0.4 is 5.73 Å². The van der Waals surface area contributed by atoms with Gasteiger partial charge in [0.05, 0.1) is 6.20 Å². The van der Waals surface area contributed by atoms with Crippen LogP contribution in [0, 0.1) is 0 Å². The molecule has 0 spiro atoms. The highest BCUT2D eigenvalue weighted by molar-refractivity contribution is 6.29. The Balaban J connectivity index is 2.49. The number of carbonyl (C=O) groups is 1. The Morgan fingerprint density at radius 1 is 1.50 bits per heavy atom. The van der Waals surface area contributed by atoms with E-state index in [0.717, 1.165) is 0 Å². The highest BCUT2D eigenvalue weighted by Gasteiger charge is 2.21. The molecule has 2 aromatic heterocycles. The van der Waals surface area contributed by atoms with Gasteiger partial charge in [0, 0.05) is 6.20 Å². The second-order valence-electron chi connectivity index (χ2n) is 4.79. The smallest absolute Gasteiger partial charge is 0.357 e. The van der Waals surface area contributed by atoms with Crippen molar-refractivity contribution >= 4 is 29.0 Å². The number of hydrogen-bond donors (Lipinski definition) is 1. The van der Waals surface area contributed by atoms with Crippen molar-refractivity contribution in [3.8, 4) is 0 Å². The van der Waals surface area contributed by atoms with E-state index in [2.05, 4.69) is 9.97 Å². The van der Waals surface area contributed by atoms with Crippen LogP contribution in [-0.4, -0.2) is 25.9 Å². The highest BCUT2D eigenvalue weighted by atomic mass is 35.5. The molecule has 6 nitrogen and oxygen atoms in total. The zero-order valence-corrected chi connectivity index (χ0v) is 11.0. The Bertz CT molecular complexity index is 615. The molecule has 0 aliphatic carbocycles. The Morgan fingerprint density at radius 3 is 2.78 bits per heavy atom. The van der Waals surface area contributed by atoms with Gasteiger partial charge in [0.1, 0.15) is 10.8 Å². The van der Waals surface area contributed by atoms with Gasteiger partial charge in [-0.3, -0.25) is 4.40 Å². The van der Waals surface area contributed by atoms with Crippen molar-refractivity contribution in [1.29, 1.82) is 0 Å². The van der Waals surface area contributed by atoms with Crippen LogP contribution in [0.15, 0.2) is 12.4 Å². The molecule has 7 heteroatoms. The average Bonchev–Trinajstić information content (AvgIpc) is 2.58. The van der Waals surface area contributed by atoms with Crippen molar-refractivity contribution in [2.75, 3.05) is 5.73 Å². The number of fused-ring (bicyclic) bond motifs is 1. The molecule has 0 radical (unpaired) electrons. The predicted octanol–water partition coefficient (Wildman–Crippen LogP) is 1.92. The molecule has 0 aromatic carbocycles. The maximum atomic E-state index is 12.0. The van der Waals surface area contributed by atoms with Crippen molar-refractivity contribution in [3.05, 3.63) is 23.2 Å². The molecule has 0 saturated heterocycles. The third-order valence-electron chi connectivity index (χ3n) is 2.10. The number of anilines is 1. The first-order valence-electron chi connectivity index (χ1n) is 5.30. The second-order valence-corrected chi connectivity index (χ2v) is 5.18. The van der Waals surface area contributed by atoms with Gasteiger partial charge in [0.2, 0.25) is 0 Å². The van der Waals surface area contributed by atoms with Gasteiger partial charge in [-0.25, -0.2) is 14.8 Å². The van der Waals surface area contributed by atoms with E-state index in [0.29, 0.717) is 5.65 Å². The largest absolute Gasteiger partial charge is 0.455 e. The van der Waals surface area contributed by atoms with Gasteiger partial charge < -0.3 is 10.5 Å². The quantitative estimate of drug-likeness (QED) is 0.799. The van der Waals surface area contributed by atoms with Crippen LogP contribution in [0.5, 0.6) is 0 Å². The first kappa shape index (κ1) is 12.6. The summed E-state index contributed by atoms with van der Waals surface area (Å²) in [7, 11) is 0. The number of carbonyl (C=O) groups excluding carboxylic acids is 1. The standard InChI is InChI=1S/C11H13ClN4O2/c1-11(2,3)18-10(17)6-4-14-9-8(13)15-7(12)5-16(6)9/h4-5H,1-3H3,(H2,13,15). The minimum Gasteiger partial charge on any atom is -0.455 e. The van der Waals surface area contributed by atoms with Crippen LogP contribution >= 0.6 is 11.6 Å². The van der Waals surface area contributed by atoms with Gasteiger partial charge in [0.15, 0.2) is 17.2 Å². The summed E-state index contributed by atoms with van der Waals surface area (Å²) < 4.78 is 6.74. The lowest BCUT2D eigenvalue weighted by atomic mass is 10.2. The summed E-state index contributed by atoms with van der Waals surface area (Å²) in [6, 6.07) is 0. The summed E-state index contributed by atoms with van der Waals surface area (Å²) in [5, 5.41) is 0.183. The number of nitrogens with zero attached hydrogens (tertiary/aromatic N) is 3. The maximum absolute atomic E-state index is 12.0. The predicted molar refractivity (Wildman–Crippen MR) is 67.6 cm³/mol. The SMILES string of the molecule is CC(C)(C)OC(=O)c1cnc2c(N)nc(Cl)cn12. The molecular formula is C11H13ClN4O2. The van der Waals surface area contributed by atoms with Gasteiger partial charge >= 0.3 is 5.97 Å². The monoisotopic (exact) mass is 268 g/mol. The van der Waals surface area contributed by atoms with E-state index in [9.17, 15) is 4.79 Å². The van der Waals surface area contributed by atoms with Crippen LogP contribution in [0.2, 0.25) is 5.15 Å². The molecule has 0 bridgehead atoms. The number of rotatable bonds is 1. The Hall–Kier alpha value is -1.82. The van der Waals surface area contributed by atoms with Crippen LogP contribution in [0.3, 0.4) is 0 Å². The van der Waals surface area contributed by atoms with Gasteiger partial charge in [-0.2, -0.15) is 0 Å². The van der Waals surface area contributed by atoms with E-state index in [-0.39, 0.29) is 16.7 Å². The third kappa shape index (κ3) is 2.38. The summed E-state index contributed by atoms with van der Waals surface area (Å²) in [5.74, 6) is -0.325. The van der Waals surface area contributed by atoms with Crippen LogP contribution in [0.4, 0.5) is 5.82 Å². The van der Waals surface area contributed by atoms with E-state index >= 15 is 0 Å². The van der Waals surface area contributed by atoms with Crippen LogP contribution in [-0.2, 0) is 4.74 Å². The molecule has 2 rings (SSSR count). The lowest BCUT2D eigenvalue weighted by molar-refractivity contribution is 0.00617. The zero-order valence-electron chi connectivity index (χ0n) is 10.3. The number of esters is 1. The fourth-order valence-electron chi connectivity index (χ4n) is 1.46. The summed E-state index contributed by atoms with van der Waals surface area (Å²) in [6.07, 6.45) is 2.86. The molecular weight excluding hydrogens is 256 g/mol. The van der Waals surface area contributed by atoms with Crippen LogP contribution in [0.25, 0.3) is 5.65 Å². The minimum absolute atomic E-state index is 0.164. The summed E-state index contributed by atoms with van der Waals surface area (Å²) in [5.41, 5.74) is 5.72. The number of hydrogen-bond acceptors (Lipinski definition) is 5. The van der Waals surface area contributed by atoms with Gasteiger partial charge in [0.25, 0.3) is 0 Å². The molecule has 0 unspecified atom stereocenters. The number of aromatic nitrogens is 3. The highest BCUT2D eigenvalue weighted by Crippen LogP contribution is 2.18. The maximum Gasteiger partial charge on any atom is 0.357 e. The molecule has 0 aliphatic rings. The minimum atomic E-state index is -0.580. The average molecular weight is 269 g/mol. The van der Waals surface area contributed by atoms with E-state index in [1.54, 1.807) is 20.8 Å². The Labute approximate surface area is 109 Å². The molecule has 0 amide bonds. The molecule has 2 heterocycles. The fourth-order valence-corrected chi connectivity index (χ4v) is 1.65. The molecule has 2 N–H and O–H groups in total. The number of nitrogens with two attached hydrogens (primary N) is 1. The van der Waals surface area contributed by atoms with E-state index < -0.39 is 11.6 Å². The molecule has 96 valence electrons. The molecule has 0 aliphatic heterocycles. The van der Waals surface area contributed by atoms with Crippen LogP contribution in [0.1, 0.15) is 31.3 Å². The van der Waals surface area contributed by atoms with E-state index in [1.807, 2.05) is 0 Å². The van der Waals surface area contributed by atoms with Crippen molar-refractivity contribution < 1.29 is 9.53 Å². The lowest BCUT2D eigenvalue weighted by Crippen LogP contribution is -2.24. The van der Waals surface area contributed by atoms with Crippen molar-refractivity contribution in [1.82, 2.24) is 14.4 Å². The van der Waals surface area contributed by atoms with Crippen molar-refractivity contribution in [2.24, 2.45) is 0 Å². The number of nitrogen functional groups attached to an aromatic ring is 1. The zero-order chi connectivity index (χ0) is 13.5. The van der Waals surface area contributed by atoms with E-state index in [1.165, 1.54) is 16.8 Å². The molecule has 18 heavy (non-hydrogen) atoms. The van der Waals surface area contributed by atoms with Crippen molar-refractivity contribution in [3.63, 3.8) is 0 Å². The number of halogens is 1. The summed E-state index contributed by atoms with van der Waals surface area (Å²) >= 11 is 5.80. The van der Waals surface area contributed by atoms with Gasteiger partial charge in [-0.1, -0.05) is 11.6 Å². The summed E-state index contributed by atoms with van der Waals surface area (Å²) in [4.78, 5) is 19.9. The number of imidazole rings is 1. The second kappa shape index (κ2) is 4.13. The Kier molecular flexibility index (Phi) is 2.90. The number of ether oxygens (including phenoxy) is 1. The summed E-state index contributed by atoms with van der Waals surface area (Å²) in [6.45, 7) is 5.37. The van der Waals surface area contributed by atoms with Gasteiger partial charge in [-0.15, -0.1) is 0 Å². The lowest BCUT2D eigenvalue weighted by Gasteiger charge is -2.19. The van der Waals surface area contributed by atoms with Crippen molar-refractivity contribution in [2.45, 2.75) is 26.4 Å². The Morgan fingerprint density at radius 2 is 2.17 bits per heavy atom.